The number of carbonyl (C=O) groups is 3. The standard InChI is InChI=1S/C12H23N3O4/c1-5-13-10(16)7-14-11(17)9(6-8(2)3)15-12(18)19-4/h8-9H,5-7H2,1-4H3,(H,13,16)(H,14,17)(H,15,18). The maximum absolute atomic E-state index is 11.9. The molecule has 0 aromatic carbocycles. The molecule has 0 aliphatic heterocycles. The van der Waals surface area contributed by atoms with Crippen LogP contribution in [0.15, 0.2) is 0 Å². The zero-order valence-corrected chi connectivity index (χ0v) is 11.9. The summed E-state index contributed by atoms with van der Waals surface area (Å²) >= 11 is 0. The molecule has 0 fully saturated rings. The molecule has 0 aromatic heterocycles. The molecule has 1 atom stereocenters. The summed E-state index contributed by atoms with van der Waals surface area (Å²) in [5.41, 5.74) is 0. The van der Waals surface area contributed by atoms with Crippen molar-refractivity contribution in [1.82, 2.24) is 16.0 Å². The van der Waals surface area contributed by atoms with Gasteiger partial charge in [0.1, 0.15) is 6.04 Å². The van der Waals surface area contributed by atoms with Gasteiger partial charge in [0.05, 0.1) is 13.7 Å². The molecule has 7 heteroatoms. The van der Waals surface area contributed by atoms with Gasteiger partial charge in [0.15, 0.2) is 0 Å². The number of alkyl carbamates (subject to hydrolysis) is 1. The Labute approximate surface area is 113 Å². The molecule has 0 rings (SSSR count). The van der Waals surface area contributed by atoms with Gasteiger partial charge in [-0.05, 0) is 19.3 Å². The maximum Gasteiger partial charge on any atom is 0.407 e. The molecular weight excluding hydrogens is 250 g/mol. The van der Waals surface area contributed by atoms with Crippen molar-refractivity contribution in [3.8, 4) is 0 Å². The fourth-order valence-corrected chi connectivity index (χ4v) is 1.45. The smallest absolute Gasteiger partial charge is 0.407 e. The van der Waals surface area contributed by atoms with Crippen LogP contribution in [0.1, 0.15) is 27.2 Å². The SMILES string of the molecule is CCNC(=O)CNC(=O)C(CC(C)C)NC(=O)OC. The molecule has 0 bridgehead atoms. The molecule has 110 valence electrons. The van der Waals surface area contributed by atoms with Gasteiger partial charge in [0, 0.05) is 6.54 Å². The Morgan fingerprint density at radius 2 is 1.79 bits per heavy atom. The third kappa shape index (κ3) is 8.01. The maximum atomic E-state index is 11.9. The van der Waals surface area contributed by atoms with E-state index in [0.29, 0.717) is 13.0 Å². The summed E-state index contributed by atoms with van der Waals surface area (Å²) in [7, 11) is 1.23. The first-order valence-electron chi connectivity index (χ1n) is 6.29. The third-order valence-electron chi connectivity index (χ3n) is 2.30. The molecule has 3 amide bonds. The summed E-state index contributed by atoms with van der Waals surface area (Å²) in [5, 5.41) is 7.50. The summed E-state index contributed by atoms with van der Waals surface area (Å²) in [6.45, 7) is 6.06. The van der Waals surface area contributed by atoms with Crippen LogP contribution >= 0.6 is 0 Å². The average molecular weight is 273 g/mol. The molecular formula is C12H23N3O4. The van der Waals surface area contributed by atoms with Crippen molar-refractivity contribution in [2.75, 3.05) is 20.2 Å². The quantitative estimate of drug-likeness (QED) is 0.608. The van der Waals surface area contributed by atoms with E-state index in [0.717, 1.165) is 0 Å². The van der Waals surface area contributed by atoms with Crippen LogP contribution in [-0.4, -0.2) is 44.1 Å². The van der Waals surface area contributed by atoms with E-state index in [9.17, 15) is 14.4 Å². The van der Waals surface area contributed by atoms with Crippen molar-refractivity contribution in [1.29, 1.82) is 0 Å². The van der Waals surface area contributed by atoms with E-state index in [4.69, 9.17) is 0 Å². The molecule has 0 radical (unpaired) electrons. The van der Waals surface area contributed by atoms with Crippen LogP contribution in [-0.2, 0) is 14.3 Å². The minimum absolute atomic E-state index is 0.107. The summed E-state index contributed by atoms with van der Waals surface area (Å²) in [6.07, 6.45) is -0.199. The van der Waals surface area contributed by atoms with Crippen LogP contribution in [0.2, 0.25) is 0 Å². The van der Waals surface area contributed by atoms with Crippen molar-refractivity contribution in [2.24, 2.45) is 5.92 Å². The normalized spacial score (nSPS) is 11.6. The predicted molar refractivity (Wildman–Crippen MR) is 70.5 cm³/mol. The Hall–Kier alpha value is -1.79. The van der Waals surface area contributed by atoms with E-state index < -0.39 is 18.0 Å². The lowest BCUT2D eigenvalue weighted by molar-refractivity contribution is -0.127. The number of nitrogens with one attached hydrogen (secondary N) is 3. The van der Waals surface area contributed by atoms with Crippen molar-refractivity contribution in [3.05, 3.63) is 0 Å². The lowest BCUT2D eigenvalue weighted by atomic mass is 10.0. The number of hydrogen-bond acceptors (Lipinski definition) is 4. The number of rotatable bonds is 7. The molecule has 1 unspecified atom stereocenters. The number of carbonyl (C=O) groups excluding carboxylic acids is 3. The highest BCUT2D eigenvalue weighted by Gasteiger charge is 2.22. The van der Waals surface area contributed by atoms with Crippen molar-refractivity contribution in [3.63, 3.8) is 0 Å². The van der Waals surface area contributed by atoms with Gasteiger partial charge in [-0.3, -0.25) is 9.59 Å². The highest BCUT2D eigenvalue weighted by Crippen LogP contribution is 2.05. The second-order valence-electron chi connectivity index (χ2n) is 4.49. The molecule has 0 heterocycles. The second-order valence-corrected chi connectivity index (χ2v) is 4.49. The molecule has 0 saturated heterocycles. The lowest BCUT2D eigenvalue weighted by Crippen LogP contribution is -2.49. The minimum atomic E-state index is -0.707. The molecule has 19 heavy (non-hydrogen) atoms. The fourth-order valence-electron chi connectivity index (χ4n) is 1.45. The summed E-state index contributed by atoms with van der Waals surface area (Å²) < 4.78 is 4.47. The van der Waals surface area contributed by atoms with Gasteiger partial charge in [0.25, 0.3) is 0 Å². The monoisotopic (exact) mass is 273 g/mol. The van der Waals surface area contributed by atoms with E-state index in [2.05, 4.69) is 20.7 Å². The van der Waals surface area contributed by atoms with Gasteiger partial charge in [-0.2, -0.15) is 0 Å². The Morgan fingerprint density at radius 3 is 2.26 bits per heavy atom. The minimum Gasteiger partial charge on any atom is -0.453 e. The van der Waals surface area contributed by atoms with E-state index in [1.807, 2.05) is 13.8 Å². The van der Waals surface area contributed by atoms with Crippen LogP contribution < -0.4 is 16.0 Å². The molecule has 0 spiro atoms. The molecule has 7 nitrogen and oxygen atoms in total. The van der Waals surface area contributed by atoms with Gasteiger partial charge in [-0.15, -0.1) is 0 Å². The van der Waals surface area contributed by atoms with Crippen LogP contribution in [0, 0.1) is 5.92 Å². The number of methoxy groups -OCH3 is 1. The summed E-state index contributed by atoms with van der Waals surface area (Å²) in [5.74, 6) is -0.444. The van der Waals surface area contributed by atoms with E-state index >= 15 is 0 Å². The van der Waals surface area contributed by atoms with Crippen LogP contribution in [0.25, 0.3) is 0 Å². The van der Waals surface area contributed by atoms with Crippen LogP contribution in [0.4, 0.5) is 4.79 Å². The van der Waals surface area contributed by atoms with Gasteiger partial charge in [0.2, 0.25) is 11.8 Å². The molecule has 3 N–H and O–H groups in total. The van der Waals surface area contributed by atoms with Gasteiger partial charge < -0.3 is 20.7 Å². The first-order chi connectivity index (χ1) is 8.90. The number of hydrogen-bond donors (Lipinski definition) is 3. The molecule has 0 aliphatic carbocycles. The van der Waals surface area contributed by atoms with Crippen molar-refractivity contribution in [2.45, 2.75) is 33.2 Å². The van der Waals surface area contributed by atoms with Gasteiger partial charge in [-0.25, -0.2) is 4.79 Å². The van der Waals surface area contributed by atoms with E-state index in [1.54, 1.807) is 6.92 Å². The number of ether oxygens (including phenoxy) is 1. The Kier molecular flexibility index (Phi) is 8.32. The van der Waals surface area contributed by atoms with Crippen molar-refractivity contribution < 1.29 is 19.1 Å². The summed E-state index contributed by atoms with van der Waals surface area (Å²) in [4.78, 5) is 34.3. The predicted octanol–water partition coefficient (Wildman–Crippen LogP) is 0.00940. The first kappa shape index (κ1) is 17.2. The Balaban J connectivity index is 4.37. The third-order valence-corrected chi connectivity index (χ3v) is 2.30. The van der Waals surface area contributed by atoms with Crippen LogP contribution in [0.3, 0.4) is 0 Å². The fraction of sp³-hybridized carbons (Fsp3) is 0.750. The highest BCUT2D eigenvalue weighted by atomic mass is 16.5. The lowest BCUT2D eigenvalue weighted by Gasteiger charge is -2.19. The Bertz CT molecular complexity index is 318. The number of likely N-dealkylation sites (N-methyl/N-ethyl adjacent to an activating group) is 1. The molecule has 0 aliphatic rings. The van der Waals surface area contributed by atoms with Gasteiger partial charge >= 0.3 is 6.09 Å². The second kappa shape index (κ2) is 9.18. The summed E-state index contributed by atoms with van der Waals surface area (Å²) in [6, 6.07) is -0.707. The van der Waals surface area contributed by atoms with Gasteiger partial charge in [-0.1, -0.05) is 13.8 Å². The average Bonchev–Trinajstić information content (AvgIpc) is 2.34. The van der Waals surface area contributed by atoms with Crippen molar-refractivity contribution >= 4 is 17.9 Å². The topological polar surface area (TPSA) is 96.5 Å². The highest BCUT2D eigenvalue weighted by molar-refractivity contribution is 5.89. The first-order valence-corrected chi connectivity index (χ1v) is 6.29. The Morgan fingerprint density at radius 1 is 1.16 bits per heavy atom. The molecule has 0 saturated carbocycles. The number of amides is 3. The van der Waals surface area contributed by atoms with Crippen LogP contribution in [0.5, 0.6) is 0 Å². The molecule has 0 aromatic rings. The zero-order chi connectivity index (χ0) is 14.8. The largest absolute Gasteiger partial charge is 0.453 e. The van der Waals surface area contributed by atoms with E-state index in [1.165, 1.54) is 7.11 Å². The zero-order valence-electron chi connectivity index (χ0n) is 11.9. The van der Waals surface area contributed by atoms with E-state index in [-0.39, 0.29) is 18.4 Å².